The Balaban J connectivity index is 2.27. The topological polar surface area (TPSA) is 27.7 Å². The van der Waals surface area contributed by atoms with Crippen LogP contribution in [0.5, 0.6) is 0 Å². The second kappa shape index (κ2) is 5.26. The first-order valence-corrected chi connectivity index (χ1v) is 5.24. The predicted molar refractivity (Wildman–Crippen MR) is 54.7 cm³/mol. The lowest BCUT2D eigenvalue weighted by molar-refractivity contribution is -0.221. The molecule has 7 heteroatoms. The highest BCUT2D eigenvalue weighted by Crippen LogP contribution is 2.27. The average molecular weight is 268 g/mol. The minimum atomic E-state index is -1.44. The van der Waals surface area contributed by atoms with Crippen LogP contribution in [0.1, 0.15) is 0 Å². The zero-order valence-electron chi connectivity index (χ0n) is 6.58. The molecule has 0 bridgehead atoms. The maximum atomic E-state index is 5.48. The molecular formula is C6H9Cl3O3S. The lowest BCUT2D eigenvalue weighted by Gasteiger charge is -2.29. The molecule has 0 N–H and O–H groups in total. The van der Waals surface area contributed by atoms with E-state index in [9.17, 15) is 0 Å². The summed E-state index contributed by atoms with van der Waals surface area (Å²) in [6, 6.07) is 0. The zero-order valence-corrected chi connectivity index (χ0v) is 9.74. The summed E-state index contributed by atoms with van der Waals surface area (Å²) < 4.78 is 14.0. The summed E-state index contributed by atoms with van der Waals surface area (Å²) in [6.07, 6.45) is -0.576. The van der Waals surface area contributed by atoms with Crippen LogP contribution in [0.2, 0.25) is 0 Å². The van der Waals surface area contributed by atoms with Gasteiger partial charge in [-0.2, -0.15) is 0 Å². The fourth-order valence-electron chi connectivity index (χ4n) is 0.801. The van der Waals surface area contributed by atoms with Gasteiger partial charge in [0.25, 0.3) is 0 Å². The van der Waals surface area contributed by atoms with Crippen molar-refractivity contribution in [2.75, 3.05) is 19.8 Å². The number of ether oxygens (including phenoxy) is 3. The minimum Gasteiger partial charge on any atom is -0.360 e. The van der Waals surface area contributed by atoms with E-state index in [1.54, 1.807) is 0 Å². The van der Waals surface area contributed by atoms with Crippen molar-refractivity contribution < 1.29 is 14.2 Å². The summed E-state index contributed by atoms with van der Waals surface area (Å²) in [7, 11) is 0. The van der Waals surface area contributed by atoms with Crippen LogP contribution >= 0.6 is 47.4 Å². The SMILES string of the molecule is SC1OCCOC1OCC(Cl)(Cl)Cl. The van der Waals surface area contributed by atoms with Gasteiger partial charge in [-0.15, -0.1) is 12.6 Å². The van der Waals surface area contributed by atoms with Crippen molar-refractivity contribution in [1.82, 2.24) is 0 Å². The van der Waals surface area contributed by atoms with Gasteiger partial charge in [0.05, 0.1) is 19.8 Å². The highest BCUT2D eigenvalue weighted by molar-refractivity contribution is 7.80. The fraction of sp³-hybridized carbons (Fsp3) is 1.00. The third kappa shape index (κ3) is 4.93. The van der Waals surface area contributed by atoms with E-state index in [0.29, 0.717) is 13.2 Å². The van der Waals surface area contributed by atoms with E-state index in [0.717, 1.165) is 0 Å². The Hall–Kier alpha value is 1.10. The number of hydrogen-bond acceptors (Lipinski definition) is 4. The number of hydrogen-bond donors (Lipinski definition) is 1. The van der Waals surface area contributed by atoms with Gasteiger partial charge in [-0.1, -0.05) is 34.8 Å². The van der Waals surface area contributed by atoms with Gasteiger partial charge < -0.3 is 14.2 Å². The molecule has 0 aromatic heterocycles. The number of rotatable bonds is 2. The summed E-state index contributed by atoms with van der Waals surface area (Å²) in [5.74, 6) is 0. The highest BCUT2D eigenvalue weighted by Gasteiger charge is 2.28. The van der Waals surface area contributed by atoms with Gasteiger partial charge >= 0.3 is 0 Å². The highest BCUT2D eigenvalue weighted by atomic mass is 35.6. The molecule has 1 heterocycles. The Labute approximate surface area is 97.0 Å². The van der Waals surface area contributed by atoms with Crippen LogP contribution in [0, 0.1) is 0 Å². The van der Waals surface area contributed by atoms with E-state index >= 15 is 0 Å². The van der Waals surface area contributed by atoms with Gasteiger partial charge in [0.2, 0.25) is 3.79 Å². The standard InChI is InChI=1S/C6H9Cl3O3S/c7-6(8,9)3-12-4-5(13)11-2-1-10-4/h4-5,13H,1-3H2. The van der Waals surface area contributed by atoms with Crippen LogP contribution < -0.4 is 0 Å². The van der Waals surface area contributed by atoms with Crippen molar-refractivity contribution in [3.8, 4) is 0 Å². The number of alkyl halides is 3. The Kier molecular flexibility index (Phi) is 4.92. The zero-order chi connectivity index (χ0) is 9.90. The minimum absolute atomic E-state index is 0.0528. The van der Waals surface area contributed by atoms with Crippen LogP contribution in [0.4, 0.5) is 0 Å². The Morgan fingerprint density at radius 1 is 1.31 bits per heavy atom. The average Bonchev–Trinajstić information content (AvgIpc) is 2.01. The van der Waals surface area contributed by atoms with Crippen molar-refractivity contribution in [2.45, 2.75) is 15.5 Å². The van der Waals surface area contributed by atoms with Gasteiger partial charge in [0.1, 0.15) is 0 Å². The number of thiol groups is 1. The summed E-state index contributed by atoms with van der Waals surface area (Å²) in [5, 5.41) is 0. The molecule has 0 aromatic rings. The molecule has 13 heavy (non-hydrogen) atoms. The molecule has 0 radical (unpaired) electrons. The third-order valence-electron chi connectivity index (χ3n) is 1.30. The van der Waals surface area contributed by atoms with Crippen LogP contribution in [0.15, 0.2) is 0 Å². The van der Waals surface area contributed by atoms with Crippen molar-refractivity contribution in [2.24, 2.45) is 0 Å². The summed E-state index contributed by atoms with van der Waals surface area (Å²) >= 11 is 20.5. The van der Waals surface area contributed by atoms with E-state index in [4.69, 9.17) is 49.0 Å². The van der Waals surface area contributed by atoms with Crippen molar-refractivity contribution in [3.05, 3.63) is 0 Å². The molecule has 0 amide bonds. The van der Waals surface area contributed by atoms with Crippen LogP contribution in [-0.2, 0) is 14.2 Å². The molecule has 1 rings (SSSR count). The van der Waals surface area contributed by atoms with Gasteiger partial charge in [0, 0.05) is 0 Å². The monoisotopic (exact) mass is 266 g/mol. The van der Waals surface area contributed by atoms with Gasteiger partial charge in [-0.25, -0.2) is 0 Å². The van der Waals surface area contributed by atoms with Crippen LogP contribution in [0.25, 0.3) is 0 Å². The maximum absolute atomic E-state index is 5.48. The Morgan fingerprint density at radius 2 is 1.92 bits per heavy atom. The molecule has 78 valence electrons. The van der Waals surface area contributed by atoms with Crippen LogP contribution in [0.3, 0.4) is 0 Å². The lowest BCUT2D eigenvalue weighted by Crippen LogP contribution is -2.38. The Bertz CT molecular complexity index is 164. The van der Waals surface area contributed by atoms with E-state index in [1.165, 1.54) is 0 Å². The molecule has 1 aliphatic rings. The molecule has 1 aliphatic heterocycles. The van der Waals surface area contributed by atoms with Crippen LogP contribution in [-0.4, -0.2) is 35.3 Å². The van der Waals surface area contributed by atoms with E-state index in [2.05, 4.69) is 12.6 Å². The van der Waals surface area contributed by atoms with E-state index in [1.807, 2.05) is 0 Å². The fourth-order valence-corrected chi connectivity index (χ4v) is 1.27. The molecule has 0 spiro atoms. The lowest BCUT2D eigenvalue weighted by atomic mass is 10.6. The summed E-state index contributed by atoms with van der Waals surface area (Å²) in [5.41, 5.74) is -0.430. The predicted octanol–water partition coefficient (Wildman–Crippen LogP) is 2.00. The first kappa shape index (κ1) is 12.2. The van der Waals surface area contributed by atoms with Crippen molar-refractivity contribution >= 4 is 47.4 Å². The molecule has 0 aromatic carbocycles. The Morgan fingerprint density at radius 3 is 2.46 bits per heavy atom. The molecule has 2 unspecified atom stereocenters. The van der Waals surface area contributed by atoms with Crippen molar-refractivity contribution in [3.63, 3.8) is 0 Å². The van der Waals surface area contributed by atoms with E-state index in [-0.39, 0.29) is 6.61 Å². The van der Waals surface area contributed by atoms with E-state index < -0.39 is 15.5 Å². The third-order valence-corrected chi connectivity index (χ3v) is 2.02. The number of halogens is 3. The smallest absolute Gasteiger partial charge is 0.213 e. The normalized spacial score (nSPS) is 30.5. The largest absolute Gasteiger partial charge is 0.360 e. The second-order valence-corrected chi connectivity index (χ2v) is 5.45. The van der Waals surface area contributed by atoms with Gasteiger partial charge in [-0.05, 0) is 0 Å². The van der Waals surface area contributed by atoms with Crippen molar-refractivity contribution in [1.29, 1.82) is 0 Å². The summed E-state index contributed by atoms with van der Waals surface area (Å²) in [4.78, 5) is 0. The molecule has 0 aliphatic carbocycles. The van der Waals surface area contributed by atoms with Gasteiger partial charge in [-0.3, -0.25) is 0 Å². The maximum Gasteiger partial charge on any atom is 0.213 e. The summed E-state index contributed by atoms with van der Waals surface area (Å²) in [6.45, 7) is 0.909. The molecule has 0 saturated carbocycles. The molecule has 1 fully saturated rings. The molecule has 1 saturated heterocycles. The molecule has 2 atom stereocenters. The molecular weight excluding hydrogens is 258 g/mol. The van der Waals surface area contributed by atoms with Gasteiger partial charge in [0.15, 0.2) is 11.7 Å². The molecule has 3 nitrogen and oxygen atoms in total. The first-order chi connectivity index (χ1) is 5.99. The second-order valence-electron chi connectivity index (χ2n) is 2.43. The first-order valence-electron chi connectivity index (χ1n) is 3.59. The quantitative estimate of drug-likeness (QED) is 0.613.